The van der Waals surface area contributed by atoms with E-state index in [2.05, 4.69) is 26.1 Å². The van der Waals surface area contributed by atoms with Crippen molar-refractivity contribution in [3.05, 3.63) is 59.9 Å². The van der Waals surface area contributed by atoms with Crippen LogP contribution in [-0.2, 0) is 10.2 Å². The number of benzene rings is 2. The van der Waals surface area contributed by atoms with E-state index in [1.165, 1.54) is 29.8 Å². The molecule has 25 heavy (non-hydrogen) atoms. The van der Waals surface area contributed by atoms with E-state index >= 15 is 0 Å². The Bertz CT molecular complexity index is 676. The lowest BCUT2D eigenvalue weighted by atomic mass is 9.87. The normalized spacial score (nSPS) is 11.0. The van der Waals surface area contributed by atoms with E-state index in [9.17, 15) is 9.18 Å². The van der Waals surface area contributed by atoms with E-state index in [-0.39, 0.29) is 23.7 Å². The quantitative estimate of drug-likeness (QED) is 0.779. The molecule has 2 aromatic rings. The van der Waals surface area contributed by atoms with Gasteiger partial charge in [0.25, 0.3) is 5.91 Å². The number of carbonyl (C=O) groups excluding carboxylic acids is 1. The highest BCUT2D eigenvalue weighted by Crippen LogP contribution is 2.24. The van der Waals surface area contributed by atoms with Crippen LogP contribution in [0.25, 0.3) is 0 Å². The first-order valence-corrected chi connectivity index (χ1v) is 8.23. The maximum absolute atomic E-state index is 12.8. The Balaban J connectivity index is 1.65. The first kappa shape index (κ1) is 18.8. The molecule has 0 saturated heterocycles. The fourth-order valence-electron chi connectivity index (χ4n) is 2.14. The maximum Gasteiger partial charge on any atom is 0.258 e. The Morgan fingerprint density at radius 3 is 2.12 bits per heavy atom. The zero-order chi connectivity index (χ0) is 18.3. The second-order valence-electron chi connectivity index (χ2n) is 6.72. The Kier molecular flexibility index (Phi) is 6.39. The van der Waals surface area contributed by atoms with Gasteiger partial charge in [-0.3, -0.25) is 4.79 Å². The van der Waals surface area contributed by atoms with Gasteiger partial charge >= 0.3 is 0 Å². The van der Waals surface area contributed by atoms with Crippen molar-refractivity contribution in [3.8, 4) is 11.5 Å². The van der Waals surface area contributed by atoms with Crippen LogP contribution in [0.5, 0.6) is 11.5 Å². The van der Waals surface area contributed by atoms with Gasteiger partial charge < -0.3 is 14.8 Å². The summed E-state index contributed by atoms with van der Waals surface area (Å²) in [4.78, 5) is 11.7. The first-order chi connectivity index (χ1) is 11.8. The van der Waals surface area contributed by atoms with Crippen LogP contribution in [0.4, 0.5) is 4.39 Å². The second kappa shape index (κ2) is 8.51. The van der Waals surface area contributed by atoms with Gasteiger partial charge in [0, 0.05) is 0 Å². The summed E-state index contributed by atoms with van der Waals surface area (Å²) in [5.41, 5.74) is 1.35. The van der Waals surface area contributed by atoms with Crippen LogP contribution in [0.3, 0.4) is 0 Å². The number of rotatable bonds is 7. The molecular weight excluding hydrogens is 321 g/mol. The molecule has 1 amide bonds. The summed E-state index contributed by atoms with van der Waals surface area (Å²) in [6.45, 7) is 7.11. The third-order valence-electron chi connectivity index (χ3n) is 3.60. The molecule has 0 saturated carbocycles. The van der Waals surface area contributed by atoms with Crippen molar-refractivity contribution in [3.63, 3.8) is 0 Å². The minimum atomic E-state index is -0.343. The van der Waals surface area contributed by atoms with E-state index in [0.29, 0.717) is 18.9 Å². The minimum Gasteiger partial charge on any atom is -0.492 e. The van der Waals surface area contributed by atoms with Gasteiger partial charge in [-0.25, -0.2) is 4.39 Å². The molecule has 134 valence electrons. The molecule has 0 spiro atoms. The number of hydrogen-bond donors (Lipinski definition) is 1. The maximum atomic E-state index is 12.8. The molecule has 0 aliphatic carbocycles. The van der Waals surface area contributed by atoms with Gasteiger partial charge in [-0.15, -0.1) is 0 Å². The van der Waals surface area contributed by atoms with E-state index in [1.54, 1.807) is 0 Å². The molecule has 0 unspecified atom stereocenters. The first-order valence-electron chi connectivity index (χ1n) is 8.23. The van der Waals surface area contributed by atoms with Crippen molar-refractivity contribution in [1.29, 1.82) is 0 Å². The van der Waals surface area contributed by atoms with Crippen LogP contribution in [0.1, 0.15) is 26.3 Å². The molecule has 5 heteroatoms. The van der Waals surface area contributed by atoms with Gasteiger partial charge in [0.05, 0.1) is 6.54 Å². The average molecular weight is 345 g/mol. The standard InChI is InChI=1S/C20H24FNO3/c1-20(2,3)15-4-8-17(9-5-15)24-13-12-22-19(23)14-25-18-10-6-16(21)7-11-18/h4-11H,12-14H2,1-3H3,(H,22,23). The Labute approximate surface area is 148 Å². The SMILES string of the molecule is CC(C)(C)c1ccc(OCCNC(=O)COc2ccc(F)cc2)cc1. The van der Waals surface area contributed by atoms with Gasteiger partial charge in [-0.1, -0.05) is 32.9 Å². The predicted molar refractivity (Wildman–Crippen MR) is 95.5 cm³/mol. The van der Waals surface area contributed by atoms with E-state index in [0.717, 1.165) is 5.75 Å². The molecular formula is C20H24FNO3. The van der Waals surface area contributed by atoms with Crippen molar-refractivity contribution >= 4 is 5.91 Å². The lowest BCUT2D eigenvalue weighted by Gasteiger charge is -2.19. The van der Waals surface area contributed by atoms with Gasteiger partial charge in [0.2, 0.25) is 0 Å². The smallest absolute Gasteiger partial charge is 0.258 e. The molecule has 0 bridgehead atoms. The summed E-state index contributed by atoms with van der Waals surface area (Å²) < 4.78 is 23.6. The van der Waals surface area contributed by atoms with Crippen molar-refractivity contribution in [1.82, 2.24) is 5.32 Å². The molecule has 0 aliphatic heterocycles. The summed E-state index contributed by atoms with van der Waals surface area (Å²) in [6, 6.07) is 13.5. The number of hydrogen-bond acceptors (Lipinski definition) is 3. The molecule has 2 rings (SSSR count). The van der Waals surface area contributed by atoms with Gasteiger partial charge in [0.1, 0.15) is 23.9 Å². The molecule has 0 aliphatic rings. The van der Waals surface area contributed by atoms with Crippen LogP contribution in [0, 0.1) is 5.82 Å². The number of halogens is 1. The molecule has 1 N–H and O–H groups in total. The van der Waals surface area contributed by atoms with Crippen LogP contribution in [0.15, 0.2) is 48.5 Å². The minimum absolute atomic E-state index is 0.108. The molecule has 0 heterocycles. The van der Waals surface area contributed by atoms with Crippen molar-refractivity contribution in [2.24, 2.45) is 0 Å². The highest BCUT2D eigenvalue weighted by Gasteiger charge is 2.12. The van der Waals surface area contributed by atoms with Crippen LogP contribution < -0.4 is 14.8 Å². The van der Waals surface area contributed by atoms with Crippen LogP contribution in [-0.4, -0.2) is 25.7 Å². The second-order valence-corrected chi connectivity index (χ2v) is 6.72. The summed E-state index contributed by atoms with van der Waals surface area (Å²) in [5.74, 6) is 0.622. The Morgan fingerprint density at radius 2 is 1.52 bits per heavy atom. The summed E-state index contributed by atoms with van der Waals surface area (Å²) in [7, 11) is 0. The summed E-state index contributed by atoms with van der Waals surface area (Å²) >= 11 is 0. The Hall–Kier alpha value is -2.56. The predicted octanol–water partition coefficient (Wildman–Crippen LogP) is 3.70. The fourth-order valence-corrected chi connectivity index (χ4v) is 2.14. The third kappa shape index (κ3) is 6.45. The van der Waals surface area contributed by atoms with Gasteiger partial charge in [0.15, 0.2) is 6.61 Å². The lowest BCUT2D eigenvalue weighted by Crippen LogP contribution is -2.32. The number of amides is 1. The summed E-state index contributed by atoms with van der Waals surface area (Å²) in [5, 5.41) is 2.71. The van der Waals surface area contributed by atoms with Crippen molar-refractivity contribution < 1.29 is 18.7 Å². The largest absolute Gasteiger partial charge is 0.492 e. The van der Waals surface area contributed by atoms with Crippen molar-refractivity contribution in [2.45, 2.75) is 26.2 Å². The molecule has 4 nitrogen and oxygen atoms in total. The number of ether oxygens (including phenoxy) is 2. The van der Waals surface area contributed by atoms with Crippen LogP contribution >= 0.6 is 0 Å². The lowest BCUT2D eigenvalue weighted by molar-refractivity contribution is -0.123. The van der Waals surface area contributed by atoms with E-state index in [1.807, 2.05) is 24.3 Å². The number of nitrogens with one attached hydrogen (secondary N) is 1. The summed E-state index contributed by atoms with van der Waals surface area (Å²) in [6.07, 6.45) is 0. The average Bonchev–Trinajstić information content (AvgIpc) is 2.58. The zero-order valence-electron chi connectivity index (χ0n) is 14.8. The zero-order valence-corrected chi connectivity index (χ0v) is 14.8. The van der Waals surface area contributed by atoms with Crippen LogP contribution in [0.2, 0.25) is 0 Å². The van der Waals surface area contributed by atoms with E-state index < -0.39 is 0 Å². The third-order valence-corrected chi connectivity index (χ3v) is 3.60. The van der Waals surface area contributed by atoms with Crippen molar-refractivity contribution in [2.75, 3.05) is 19.8 Å². The molecule has 2 aromatic carbocycles. The Morgan fingerprint density at radius 1 is 0.960 bits per heavy atom. The molecule has 0 radical (unpaired) electrons. The highest BCUT2D eigenvalue weighted by atomic mass is 19.1. The highest BCUT2D eigenvalue weighted by molar-refractivity contribution is 5.77. The topological polar surface area (TPSA) is 47.6 Å². The molecule has 0 fully saturated rings. The van der Waals surface area contributed by atoms with E-state index in [4.69, 9.17) is 9.47 Å². The monoisotopic (exact) mass is 345 g/mol. The fraction of sp³-hybridized carbons (Fsp3) is 0.350. The van der Waals surface area contributed by atoms with Gasteiger partial charge in [-0.2, -0.15) is 0 Å². The van der Waals surface area contributed by atoms with Gasteiger partial charge in [-0.05, 0) is 47.4 Å². The molecule has 0 aromatic heterocycles. The molecule has 0 atom stereocenters. The number of carbonyl (C=O) groups is 1.